The van der Waals surface area contributed by atoms with E-state index in [4.69, 9.17) is 5.73 Å². The van der Waals surface area contributed by atoms with Crippen molar-refractivity contribution < 1.29 is 18.8 Å². The molecule has 4 aromatic rings. The fraction of sp³-hybridized carbons (Fsp3) is 0.357. The van der Waals surface area contributed by atoms with Crippen molar-refractivity contribution >= 4 is 17.7 Å². The Morgan fingerprint density at radius 3 is 2.10 bits per heavy atom. The average molecular weight is 692 g/mol. The summed E-state index contributed by atoms with van der Waals surface area (Å²) in [6, 6.07) is 29.4. The van der Waals surface area contributed by atoms with E-state index in [1.165, 1.54) is 21.9 Å². The molecule has 5 rings (SSSR count). The highest BCUT2D eigenvalue weighted by molar-refractivity contribution is 5.98. The molecule has 0 aliphatic carbocycles. The van der Waals surface area contributed by atoms with Crippen LogP contribution in [0.15, 0.2) is 103 Å². The summed E-state index contributed by atoms with van der Waals surface area (Å²) in [6.45, 7) is 3.37. The zero-order chi connectivity index (χ0) is 36.5. The first-order valence-corrected chi connectivity index (χ1v) is 17.8. The second-order valence-corrected chi connectivity index (χ2v) is 13.8. The van der Waals surface area contributed by atoms with Crippen LogP contribution in [0.1, 0.15) is 59.3 Å². The maximum atomic E-state index is 14.7. The van der Waals surface area contributed by atoms with Crippen molar-refractivity contribution in [2.45, 2.75) is 63.2 Å². The molecule has 3 amide bonds. The number of carbonyl (C=O) groups excluding carboxylic acids is 3. The van der Waals surface area contributed by atoms with E-state index in [2.05, 4.69) is 17.3 Å². The maximum absolute atomic E-state index is 14.7. The van der Waals surface area contributed by atoms with Crippen molar-refractivity contribution in [1.29, 1.82) is 0 Å². The Morgan fingerprint density at radius 1 is 0.843 bits per heavy atom. The summed E-state index contributed by atoms with van der Waals surface area (Å²) in [7, 11) is 5.34. The first kappa shape index (κ1) is 37.4. The maximum Gasteiger partial charge on any atom is 0.254 e. The lowest BCUT2D eigenvalue weighted by Gasteiger charge is -2.35. The van der Waals surface area contributed by atoms with Crippen LogP contribution in [0.3, 0.4) is 0 Å². The van der Waals surface area contributed by atoms with Crippen molar-refractivity contribution in [3.63, 3.8) is 0 Å². The molecule has 4 aromatic carbocycles. The highest BCUT2D eigenvalue weighted by Crippen LogP contribution is 2.23. The molecule has 2 unspecified atom stereocenters. The number of rotatable bonds is 14. The molecule has 0 spiro atoms. The van der Waals surface area contributed by atoms with Gasteiger partial charge in [0.25, 0.3) is 5.91 Å². The monoisotopic (exact) mass is 691 g/mol. The van der Waals surface area contributed by atoms with Gasteiger partial charge in [0.05, 0.1) is 0 Å². The van der Waals surface area contributed by atoms with E-state index in [9.17, 15) is 18.8 Å². The van der Waals surface area contributed by atoms with Gasteiger partial charge in [-0.05, 0) is 91.9 Å². The Kier molecular flexibility index (Phi) is 12.7. The molecule has 0 aromatic heterocycles. The third-order valence-corrected chi connectivity index (χ3v) is 10.1. The number of carbonyl (C=O) groups is 3. The zero-order valence-corrected chi connectivity index (χ0v) is 30.1. The van der Waals surface area contributed by atoms with Gasteiger partial charge in [0.15, 0.2) is 0 Å². The number of benzene rings is 4. The summed E-state index contributed by atoms with van der Waals surface area (Å²) < 4.78 is 13.8. The van der Waals surface area contributed by atoms with Crippen LogP contribution in [0.5, 0.6) is 0 Å². The van der Waals surface area contributed by atoms with Crippen LogP contribution in [-0.2, 0) is 22.4 Å². The van der Waals surface area contributed by atoms with Crippen LogP contribution in [0.2, 0.25) is 0 Å². The highest BCUT2D eigenvalue weighted by Gasteiger charge is 2.36. The molecule has 4 atom stereocenters. The van der Waals surface area contributed by atoms with E-state index in [1.807, 2.05) is 67.6 Å². The van der Waals surface area contributed by atoms with Gasteiger partial charge >= 0.3 is 0 Å². The van der Waals surface area contributed by atoms with E-state index >= 15 is 0 Å². The average Bonchev–Trinajstić information content (AvgIpc) is 3.56. The Balaban J connectivity index is 1.43. The van der Waals surface area contributed by atoms with Crippen molar-refractivity contribution in [1.82, 2.24) is 20.0 Å². The number of hydrogen-bond acceptors (Lipinski definition) is 5. The van der Waals surface area contributed by atoms with Crippen molar-refractivity contribution in [3.05, 3.63) is 131 Å². The van der Waals surface area contributed by atoms with Gasteiger partial charge in [-0.1, -0.05) is 78.9 Å². The zero-order valence-electron chi connectivity index (χ0n) is 30.1. The number of likely N-dealkylation sites (tertiary alicyclic amines) is 1. The molecule has 9 heteroatoms. The van der Waals surface area contributed by atoms with Crippen LogP contribution >= 0.6 is 0 Å². The SMILES string of the molecule is CC(N)c1cccc(C(=O)N(C)[C@H](Cc2ccc(-c3ccccc3)cc2)C(=O)N(C)[C@H](Cc2ccc(F)cc2)C(=O)NCCC2CCCN2C)c1. The quantitative estimate of drug-likeness (QED) is 0.173. The topological polar surface area (TPSA) is 99.0 Å². The molecule has 1 aliphatic heterocycles. The smallest absolute Gasteiger partial charge is 0.254 e. The second-order valence-electron chi connectivity index (χ2n) is 13.8. The normalized spacial score (nSPS) is 16.2. The van der Waals surface area contributed by atoms with Crippen molar-refractivity contribution in [2.24, 2.45) is 5.73 Å². The summed E-state index contributed by atoms with van der Waals surface area (Å²) in [5.74, 6) is -1.37. The number of nitrogens with zero attached hydrogens (tertiary/aromatic N) is 3. The molecule has 1 aliphatic rings. The minimum absolute atomic E-state index is 0.185. The predicted molar refractivity (Wildman–Crippen MR) is 200 cm³/mol. The number of likely N-dealkylation sites (N-methyl/N-ethyl adjacent to an activating group) is 2. The van der Waals surface area contributed by atoms with E-state index in [-0.39, 0.29) is 42.4 Å². The Labute approximate surface area is 301 Å². The third-order valence-electron chi connectivity index (χ3n) is 10.1. The largest absolute Gasteiger partial charge is 0.354 e. The van der Waals surface area contributed by atoms with Gasteiger partial charge in [-0.2, -0.15) is 0 Å². The van der Waals surface area contributed by atoms with Gasteiger partial charge in [0.1, 0.15) is 17.9 Å². The Morgan fingerprint density at radius 2 is 1.47 bits per heavy atom. The molecule has 3 N–H and O–H groups in total. The molecule has 0 bridgehead atoms. The summed E-state index contributed by atoms with van der Waals surface area (Å²) >= 11 is 0. The predicted octanol–water partition coefficient (Wildman–Crippen LogP) is 5.87. The van der Waals surface area contributed by atoms with E-state index in [0.717, 1.165) is 53.6 Å². The van der Waals surface area contributed by atoms with Crippen LogP contribution in [0, 0.1) is 5.82 Å². The van der Waals surface area contributed by atoms with Gasteiger partial charge in [0.2, 0.25) is 11.8 Å². The van der Waals surface area contributed by atoms with Crippen LogP contribution in [0.4, 0.5) is 4.39 Å². The van der Waals surface area contributed by atoms with Crippen molar-refractivity contribution in [3.8, 4) is 11.1 Å². The second kappa shape index (κ2) is 17.4. The standard InChI is InChI=1S/C42H50FN5O3/c1-29(44)34-12-8-13-35(28-34)41(50)48(4)39(27-30-15-19-33(20-16-30)32-10-6-5-7-11-32)42(51)47(3)38(26-31-17-21-36(43)22-18-31)40(49)45-24-23-37-14-9-25-46(37)2/h5-8,10-13,15-22,28-29,37-39H,9,14,23-27,44H2,1-4H3,(H,45,49)/t29?,37?,38-,39-/m1/s1. The van der Waals surface area contributed by atoms with Crippen LogP contribution < -0.4 is 11.1 Å². The van der Waals surface area contributed by atoms with Crippen LogP contribution in [-0.4, -0.2) is 84.8 Å². The number of nitrogens with two attached hydrogens (primary N) is 1. The minimum atomic E-state index is -0.931. The van der Waals surface area contributed by atoms with E-state index in [0.29, 0.717) is 18.2 Å². The molecule has 1 fully saturated rings. The number of nitrogens with one attached hydrogen (secondary N) is 1. The van der Waals surface area contributed by atoms with Crippen LogP contribution in [0.25, 0.3) is 11.1 Å². The first-order chi connectivity index (χ1) is 24.5. The highest BCUT2D eigenvalue weighted by atomic mass is 19.1. The summed E-state index contributed by atoms with van der Waals surface area (Å²) in [6.07, 6.45) is 3.45. The molecule has 1 saturated heterocycles. The lowest BCUT2D eigenvalue weighted by molar-refractivity contribution is -0.142. The first-order valence-electron chi connectivity index (χ1n) is 17.8. The lowest BCUT2D eigenvalue weighted by atomic mass is 9.97. The Bertz CT molecular complexity index is 1760. The lowest BCUT2D eigenvalue weighted by Crippen LogP contribution is -2.56. The molecule has 268 valence electrons. The molecule has 1 heterocycles. The molecule has 0 saturated carbocycles. The Hall–Kier alpha value is -4.86. The fourth-order valence-electron chi connectivity index (χ4n) is 6.84. The summed E-state index contributed by atoms with van der Waals surface area (Å²) in [4.78, 5) is 47.8. The van der Waals surface area contributed by atoms with Gasteiger partial charge in [-0.15, -0.1) is 0 Å². The van der Waals surface area contributed by atoms with Gasteiger partial charge < -0.3 is 25.8 Å². The minimum Gasteiger partial charge on any atom is -0.354 e. The summed E-state index contributed by atoms with van der Waals surface area (Å²) in [5.41, 5.74) is 11.1. The van der Waals surface area contributed by atoms with Gasteiger partial charge in [-0.25, -0.2) is 4.39 Å². The summed E-state index contributed by atoms with van der Waals surface area (Å²) in [5, 5.41) is 3.08. The van der Waals surface area contributed by atoms with Crippen molar-refractivity contribution in [2.75, 3.05) is 34.2 Å². The van der Waals surface area contributed by atoms with Gasteiger partial charge in [0, 0.05) is 51.1 Å². The molecule has 51 heavy (non-hydrogen) atoms. The van der Waals surface area contributed by atoms with Gasteiger partial charge in [-0.3, -0.25) is 14.4 Å². The third kappa shape index (κ3) is 9.68. The number of hydrogen-bond donors (Lipinski definition) is 2. The fourth-order valence-corrected chi connectivity index (χ4v) is 6.84. The van der Waals surface area contributed by atoms with E-state index < -0.39 is 12.1 Å². The number of halogens is 1. The molecule has 8 nitrogen and oxygen atoms in total. The molecular formula is C42H50FN5O3. The van der Waals surface area contributed by atoms with E-state index in [1.54, 1.807) is 44.4 Å². The molecular weight excluding hydrogens is 641 g/mol. The molecule has 0 radical (unpaired) electrons. The number of amides is 3.